The fraction of sp³-hybridized carbons (Fsp3) is 0.200. The first-order chi connectivity index (χ1) is 6.16. The molecule has 0 aromatic heterocycles. The van der Waals surface area contributed by atoms with Crippen molar-refractivity contribution in [1.29, 1.82) is 0 Å². The summed E-state index contributed by atoms with van der Waals surface area (Å²) in [6.07, 6.45) is 2.47. The fourth-order valence-corrected chi connectivity index (χ4v) is 1.23. The molecule has 0 saturated carbocycles. The Morgan fingerprint density at radius 3 is 2.69 bits per heavy atom. The van der Waals surface area contributed by atoms with Gasteiger partial charge in [0, 0.05) is 6.04 Å². The molecule has 1 aromatic rings. The summed E-state index contributed by atoms with van der Waals surface area (Å²) in [6.45, 7) is 3.63. The van der Waals surface area contributed by atoms with Crippen LogP contribution in [0, 0.1) is 0 Å². The zero-order chi connectivity index (χ0) is 9.84. The van der Waals surface area contributed by atoms with Crippen molar-refractivity contribution in [2.45, 2.75) is 12.5 Å². The summed E-state index contributed by atoms with van der Waals surface area (Å²) in [6, 6.07) is 5.39. The Labute approximate surface area is 78.2 Å². The second-order valence-electron chi connectivity index (χ2n) is 2.98. The van der Waals surface area contributed by atoms with Crippen LogP contribution < -0.4 is 17.2 Å². The van der Waals surface area contributed by atoms with Crippen LogP contribution >= 0.6 is 0 Å². The molecule has 0 amide bonds. The second kappa shape index (κ2) is 3.96. The summed E-state index contributed by atoms with van der Waals surface area (Å²) < 4.78 is 0. The lowest BCUT2D eigenvalue weighted by atomic mass is 10.0. The lowest BCUT2D eigenvalue weighted by Gasteiger charge is -2.13. The molecule has 13 heavy (non-hydrogen) atoms. The number of nitrogen functional groups attached to an aromatic ring is 2. The van der Waals surface area contributed by atoms with E-state index in [0.717, 1.165) is 5.56 Å². The third-order valence-corrected chi connectivity index (χ3v) is 1.99. The number of rotatable bonds is 3. The van der Waals surface area contributed by atoms with Gasteiger partial charge in [0.25, 0.3) is 0 Å². The number of benzene rings is 1. The van der Waals surface area contributed by atoms with Crippen molar-refractivity contribution in [3.8, 4) is 0 Å². The van der Waals surface area contributed by atoms with E-state index >= 15 is 0 Å². The van der Waals surface area contributed by atoms with E-state index in [2.05, 4.69) is 6.58 Å². The number of hydrogen-bond acceptors (Lipinski definition) is 3. The van der Waals surface area contributed by atoms with E-state index < -0.39 is 0 Å². The normalized spacial score (nSPS) is 12.4. The molecule has 0 saturated heterocycles. The van der Waals surface area contributed by atoms with Gasteiger partial charge in [-0.2, -0.15) is 0 Å². The van der Waals surface area contributed by atoms with Crippen LogP contribution in [0.5, 0.6) is 0 Å². The molecule has 0 aliphatic heterocycles. The van der Waals surface area contributed by atoms with Crippen LogP contribution in [0.25, 0.3) is 0 Å². The molecule has 1 unspecified atom stereocenters. The Hall–Kier alpha value is -1.48. The van der Waals surface area contributed by atoms with E-state index in [1.165, 1.54) is 0 Å². The van der Waals surface area contributed by atoms with Crippen molar-refractivity contribution < 1.29 is 0 Å². The molecule has 6 N–H and O–H groups in total. The minimum absolute atomic E-state index is 0.110. The Bertz CT molecular complexity index is 307. The molecular weight excluding hydrogens is 162 g/mol. The Morgan fingerprint density at radius 2 is 2.08 bits per heavy atom. The number of anilines is 2. The van der Waals surface area contributed by atoms with Crippen LogP contribution in [0.15, 0.2) is 30.9 Å². The van der Waals surface area contributed by atoms with E-state index in [-0.39, 0.29) is 6.04 Å². The van der Waals surface area contributed by atoms with Crippen LogP contribution in [0.1, 0.15) is 18.0 Å². The topological polar surface area (TPSA) is 78.1 Å². The van der Waals surface area contributed by atoms with E-state index in [1.807, 2.05) is 12.1 Å². The van der Waals surface area contributed by atoms with Crippen LogP contribution in [0.2, 0.25) is 0 Å². The molecule has 3 nitrogen and oxygen atoms in total. The maximum absolute atomic E-state index is 5.87. The molecular formula is C10H15N3. The van der Waals surface area contributed by atoms with E-state index in [9.17, 15) is 0 Å². The predicted molar refractivity (Wildman–Crippen MR) is 57.0 cm³/mol. The highest BCUT2D eigenvalue weighted by atomic mass is 14.7. The summed E-state index contributed by atoms with van der Waals surface area (Å²) >= 11 is 0. The van der Waals surface area contributed by atoms with Gasteiger partial charge in [-0.1, -0.05) is 18.2 Å². The minimum Gasteiger partial charge on any atom is -0.397 e. The highest BCUT2D eigenvalue weighted by Gasteiger charge is 2.08. The Balaban J connectivity index is 3.00. The number of para-hydroxylation sites is 1. The van der Waals surface area contributed by atoms with Crippen molar-refractivity contribution >= 4 is 11.4 Å². The Kier molecular flexibility index (Phi) is 2.93. The summed E-state index contributed by atoms with van der Waals surface area (Å²) in [5.41, 5.74) is 19.3. The van der Waals surface area contributed by atoms with Gasteiger partial charge in [0.1, 0.15) is 0 Å². The monoisotopic (exact) mass is 177 g/mol. The molecule has 1 atom stereocenters. The SMILES string of the molecule is C=CCC(N)c1cccc(N)c1N. The van der Waals surface area contributed by atoms with Crippen molar-refractivity contribution in [1.82, 2.24) is 0 Å². The summed E-state index contributed by atoms with van der Waals surface area (Å²) in [5.74, 6) is 0. The average Bonchev–Trinajstić information content (AvgIpc) is 2.10. The van der Waals surface area contributed by atoms with Crippen LogP contribution in [0.4, 0.5) is 11.4 Å². The predicted octanol–water partition coefficient (Wildman–Crippen LogP) is 1.43. The second-order valence-corrected chi connectivity index (χ2v) is 2.98. The maximum atomic E-state index is 5.87. The quantitative estimate of drug-likeness (QED) is 0.482. The van der Waals surface area contributed by atoms with Crippen LogP contribution in [-0.4, -0.2) is 0 Å². The highest BCUT2D eigenvalue weighted by molar-refractivity contribution is 5.67. The van der Waals surface area contributed by atoms with Gasteiger partial charge < -0.3 is 17.2 Å². The lowest BCUT2D eigenvalue weighted by molar-refractivity contribution is 0.745. The first-order valence-electron chi connectivity index (χ1n) is 4.17. The standard InChI is InChI=1S/C10H15N3/c1-2-4-8(11)7-5-3-6-9(12)10(7)13/h2-3,5-6,8H,1,4,11-13H2. The van der Waals surface area contributed by atoms with Gasteiger partial charge in [0.05, 0.1) is 11.4 Å². The molecule has 1 aromatic carbocycles. The third kappa shape index (κ3) is 2.00. The summed E-state index contributed by atoms with van der Waals surface area (Å²) in [5, 5.41) is 0. The fourth-order valence-electron chi connectivity index (χ4n) is 1.23. The molecule has 0 heterocycles. The van der Waals surface area contributed by atoms with Crippen molar-refractivity contribution in [2.24, 2.45) is 5.73 Å². The average molecular weight is 177 g/mol. The molecule has 0 radical (unpaired) electrons. The van der Waals surface area contributed by atoms with E-state index in [4.69, 9.17) is 17.2 Å². The lowest BCUT2D eigenvalue weighted by Crippen LogP contribution is -2.12. The number of hydrogen-bond donors (Lipinski definition) is 3. The molecule has 3 heteroatoms. The smallest absolute Gasteiger partial charge is 0.0596 e. The molecule has 1 rings (SSSR count). The zero-order valence-electron chi connectivity index (χ0n) is 7.53. The highest BCUT2D eigenvalue weighted by Crippen LogP contribution is 2.25. The zero-order valence-corrected chi connectivity index (χ0v) is 7.53. The molecule has 0 bridgehead atoms. The van der Waals surface area contributed by atoms with Gasteiger partial charge in [-0.05, 0) is 18.1 Å². The molecule has 0 fully saturated rings. The van der Waals surface area contributed by atoms with Gasteiger partial charge >= 0.3 is 0 Å². The van der Waals surface area contributed by atoms with E-state index in [1.54, 1.807) is 12.1 Å². The molecule has 0 aliphatic carbocycles. The van der Waals surface area contributed by atoms with Crippen LogP contribution in [-0.2, 0) is 0 Å². The third-order valence-electron chi connectivity index (χ3n) is 1.99. The van der Waals surface area contributed by atoms with Crippen molar-refractivity contribution in [2.75, 3.05) is 11.5 Å². The van der Waals surface area contributed by atoms with Gasteiger partial charge in [0.2, 0.25) is 0 Å². The first-order valence-corrected chi connectivity index (χ1v) is 4.17. The molecule has 70 valence electrons. The largest absolute Gasteiger partial charge is 0.397 e. The molecule has 0 aliphatic rings. The van der Waals surface area contributed by atoms with Crippen molar-refractivity contribution in [3.63, 3.8) is 0 Å². The van der Waals surface area contributed by atoms with Gasteiger partial charge in [0.15, 0.2) is 0 Å². The summed E-state index contributed by atoms with van der Waals surface area (Å²) in [4.78, 5) is 0. The molecule has 0 spiro atoms. The van der Waals surface area contributed by atoms with Crippen molar-refractivity contribution in [3.05, 3.63) is 36.4 Å². The summed E-state index contributed by atoms with van der Waals surface area (Å²) in [7, 11) is 0. The Morgan fingerprint density at radius 1 is 1.38 bits per heavy atom. The minimum atomic E-state index is -0.110. The van der Waals surface area contributed by atoms with E-state index in [0.29, 0.717) is 17.8 Å². The first kappa shape index (κ1) is 9.61. The number of nitrogens with two attached hydrogens (primary N) is 3. The van der Waals surface area contributed by atoms with Gasteiger partial charge in [-0.25, -0.2) is 0 Å². The van der Waals surface area contributed by atoms with Gasteiger partial charge in [-0.3, -0.25) is 0 Å². The van der Waals surface area contributed by atoms with Crippen LogP contribution in [0.3, 0.4) is 0 Å². The van der Waals surface area contributed by atoms with Gasteiger partial charge in [-0.15, -0.1) is 6.58 Å². The maximum Gasteiger partial charge on any atom is 0.0596 e.